The van der Waals surface area contributed by atoms with Crippen LogP contribution in [0.5, 0.6) is 0 Å². The summed E-state index contributed by atoms with van der Waals surface area (Å²) in [6.45, 7) is 2.05. The van der Waals surface area contributed by atoms with E-state index < -0.39 is 0 Å². The fourth-order valence-electron chi connectivity index (χ4n) is 1.99. The highest BCUT2D eigenvalue weighted by atomic mass is 16.3. The van der Waals surface area contributed by atoms with E-state index in [0.717, 1.165) is 18.4 Å². The summed E-state index contributed by atoms with van der Waals surface area (Å²) in [4.78, 5) is 0. The molecule has 0 fully saturated rings. The third kappa shape index (κ3) is 3.43. The van der Waals surface area contributed by atoms with E-state index in [9.17, 15) is 5.11 Å². The van der Waals surface area contributed by atoms with Gasteiger partial charge in [-0.3, -0.25) is 0 Å². The van der Waals surface area contributed by atoms with Crippen molar-refractivity contribution in [1.82, 2.24) is 0 Å². The van der Waals surface area contributed by atoms with E-state index in [0.29, 0.717) is 0 Å². The van der Waals surface area contributed by atoms with Crippen LogP contribution in [0.2, 0.25) is 0 Å². The molecule has 1 nitrogen and oxygen atoms in total. The minimum atomic E-state index is -0.366. The average molecular weight is 226 g/mol. The maximum absolute atomic E-state index is 10.1. The summed E-state index contributed by atoms with van der Waals surface area (Å²) in [7, 11) is 0. The maximum atomic E-state index is 10.1. The molecule has 2 rings (SSSR count). The zero-order chi connectivity index (χ0) is 12.1. The number of hydrogen-bond acceptors (Lipinski definition) is 1. The highest BCUT2D eigenvalue weighted by Gasteiger charge is 2.07. The van der Waals surface area contributed by atoms with Gasteiger partial charge in [-0.2, -0.15) is 0 Å². The molecule has 1 atom stereocenters. The molecule has 0 aliphatic heterocycles. The van der Waals surface area contributed by atoms with Crippen molar-refractivity contribution in [2.75, 3.05) is 0 Å². The van der Waals surface area contributed by atoms with Crippen LogP contribution >= 0.6 is 0 Å². The van der Waals surface area contributed by atoms with E-state index in [-0.39, 0.29) is 6.10 Å². The maximum Gasteiger partial charge on any atom is 0.0793 e. The predicted molar refractivity (Wildman–Crippen MR) is 70.9 cm³/mol. The lowest BCUT2D eigenvalue weighted by atomic mass is 10.0. The van der Waals surface area contributed by atoms with Gasteiger partial charge >= 0.3 is 0 Å². The minimum Gasteiger partial charge on any atom is -0.388 e. The first-order valence-corrected chi connectivity index (χ1v) is 6.04. The second-order valence-electron chi connectivity index (χ2n) is 4.45. The van der Waals surface area contributed by atoms with Crippen LogP contribution in [0, 0.1) is 6.92 Å². The van der Waals surface area contributed by atoms with Crippen LogP contribution in [0.4, 0.5) is 0 Å². The van der Waals surface area contributed by atoms with Gasteiger partial charge in [0.15, 0.2) is 0 Å². The average Bonchev–Trinajstić information content (AvgIpc) is 2.37. The van der Waals surface area contributed by atoms with Crippen molar-refractivity contribution < 1.29 is 5.11 Å². The Labute approximate surface area is 103 Å². The number of hydrogen-bond donors (Lipinski definition) is 1. The highest BCUT2D eigenvalue weighted by Crippen LogP contribution is 2.19. The normalized spacial score (nSPS) is 12.4. The Hall–Kier alpha value is -1.60. The third-order valence-electron chi connectivity index (χ3n) is 2.98. The molecular formula is C16H18O. The summed E-state index contributed by atoms with van der Waals surface area (Å²) in [6, 6.07) is 18.4. The Balaban J connectivity index is 1.96. The largest absolute Gasteiger partial charge is 0.388 e. The Morgan fingerprint density at radius 2 is 1.76 bits per heavy atom. The van der Waals surface area contributed by atoms with E-state index >= 15 is 0 Å². The summed E-state index contributed by atoms with van der Waals surface area (Å²) in [5, 5.41) is 10.1. The van der Waals surface area contributed by atoms with E-state index in [1.807, 2.05) is 43.3 Å². The summed E-state index contributed by atoms with van der Waals surface area (Å²) < 4.78 is 0. The van der Waals surface area contributed by atoms with Gasteiger partial charge in [-0.05, 0) is 30.9 Å². The lowest BCUT2D eigenvalue weighted by Crippen LogP contribution is -1.99. The number of aryl methyl sites for hydroxylation is 2. The molecule has 0 bridgehead atoms. The van der Waals surface area contributed by atoms with Gasteiger partial charge in [-0.15, -0.1) is 0 Å². The minimum absolute atomic E-state index is 0.366. The molecule has 0 radical (unpaired) electrons. The topological polar surface area (TPSA) is 20.2 Å². The zero-order valence-corrected chi connectivity index (χ0v) is 10.1. The summed E-state index contributed by atoms with van der Waals surface area (Å²) in [5.74, 6) is 0. The standard InChI is InChI=1S/C16H18O/c1-13-6-5-9-15(12-13)16(17)11-10-14-7-3-2-4-8-14/h2-9,12,16-17H,10-11H2,1H3. The second-order valence-corrected chi connectivity index (χ2v) is 4.45. The van der Waals surface area contributed by atoms with Gasteiger partial charge in [0.2, 0.25) is 0 Å². The van der Waals surface area contributed by atoms with E-state index in [1.54, 1.807) is 0 Å². The zero-order valence-electron chi connectivity index (χ0n) is 10.1. The second kappa shape index (κ2) is 5.65. The van der Waals surface area contributed by atoms with Gasteiger partial charge in [0.05, 0.1) is 6.10 Å². The predicted octanol–water partition coefficient (Wildman–Crippen LogP) is 3.66. The van der Waals surface area contributed by atoms with Crippen LogP contribution in [0.3, 0.4) is 0 Å². The Morgan fingerprint density at radius 3 is 2.47 bits per heavy atom. The van der Waals surface area contributed by atoms with Crippen LogP contribution < -0.4 is 0 Å². The molecule has 0 aromatic heterocycles. The van der Waals surface area contributed by atoms with Crippen molar-refractivity contribution in [3.8, 4) is 0 Å². The van der Waals surface area contributed by atoms with Gasteiger partial charge in [-0.25, -0.2) is 0 Å². The van der Waals surface area contributed by atoms with Gasteiger partial charge in [0, 0.05) is 0 Å². The van der Waals surface area contributed by atoms with E-state index in [4.69, 9.17) is 0 Å². The van der Waals surface area contributed by atoms with Crippen LogP contribution in [0.15, 0.2) is 54.6 Å². The van der Waals surface area contributed by atoms with E-state index in [2.05, 4.69) is 18.2 Å². The monoisotopic (exact) mass is 226 g/mol. The molecule has 1 heteroatoms. The molecular weight excluding hydrogens is 208 g/mol. The smallest absolute Gasteiger partial charge is 0.0793 e. The number of aliphatic hydroxyl groups is 1. The molecule has 0 aliphatic rings. The summed E-state index contributed by atoms with van der Waals surface area (Å²) in [6.07, 6.45) is 1.32. The molecule has 0 saturated carbocycles. The molecule has 1 unspecified atom stereocenters. The van der Waals surface area contributed by atoms with Crippen LogP contribution in [0.25, 0.3) is 0 Å². The quantitative estimate of drug-likeness (QED) is 0.843. The van der Waals surface area contributed by atoms with Crippen molar-refractivity contribution >= 4 is 0 Å². The van der Waals surface area contributed by atoms with Crippen molar-refractivity contribution in [2.45, 2.75) is 25.9 Å². The van der Waals surface area contributed by atoms with Crippen molar-refractivity contribution in [3.63, 3.8) is 0 Å². The SMILES string of the molecule is Cc1cccc(C(O)CCc2ccccc2)c1. The molecule has 2 aromatic carbocycles. The van der Waals surface area contributed by atoms with Crippen LogP contribution in [-0.4, -0.2) is 5.11 Å². The van der Waals surface area contributed by atoms with E-state index in [1.165, 1.54) is 11.1 Å². The van der Waals surface area contributed by atoms with Crippen LogP contribution in [-0.2, 0) is 6.42 Å². The number of rotatable bonds is 4. The first-order chi connectivity index (χ1) is 8.25. The molecule has 2 aromatic rings. The molecule has 0 saturated heterocycles. The first kappa shape index (κ1) is 11.9. The molecule has 17 heavy (non-hydrogen) atoms. The van der Waals surface area contributed by atoms with Crippen molar-refractivity contribution in [2.24, 2.45) is 0 Å². The summed E-state index contributed by atoms with van der Waals surface area (Å²) in [5.41, 5.74) is 3.49. The lowest BCUT2D eigenvalue weighted by molar-refractivity contribution is 0.168. The molecule has 0 aliphatic carbocycles. The fraction of sp³-hybridized carbons (Fsp3) is 0.250. The Bertz CT molecular complexity index is 462. The Kier molecular flexibility index (Phi) is 3.94. The molecule has 0 heterocycles. The van der Waals surface area contributed by atoms with Crippen molar-refractivity contribution in [3.05, 3.63) is 71.3 Å². The molecule has 88 valence electrons. The van der Waals surface area contributed by atoms with Crippen molar-refractivity contribution in [1.29, 1.82) is 0 Å². The molecule has 0 spiro atoms. The van der Waals surface area contributed by atoms with Gasteiger partial charge < -0.3 is 5.11 Å². The highest BCUT2D eigenvalue weighted by molar-refractivity contribution is 5.24. The Morgan fingerprint density at radius 1 is 1.00 bits per heavy atom. The van der Waals surface area contributed by atoms with Gasteiger partial charge in [-0.1, -0.05) is 60.2 Å². The fourth-order valence-corrected chi connectivity index (χ4v) is 1.99. The lowest BCUT2D eigenvalue weighted by Gasteiger charge is -2.11. The summed E-state index contributed by atoms with van der Waals surface area (Å²) >= 11 is 0. The number of aliphatic hydroxyl groups excluding tert-OH is 1. The third-order valence-corrected chi connectivity index (χ3v) is 2.98. The number of benzene rings is 2. The first-order valence-electron chi connectivity index (χ1n) is 6.04. The molecule has 0 amide bonds. The van der Waals surface area contributed by atoms with Crippen LogP contribution in [0.1, 0.15) is 29.2 Å². The van der Waals surface area contributed by atoms with Gasteiger partial charge in [0.25, 0.3) is 0 Å². The van der Waals surface area contributed by atoms with Gasteiger partial charge in [0.1, 0.15) is 0 Å². The molecule has 1 N–H and O–H groups in total.